The highest BCUT2D eigenvalue weighted by atomic mass is 32.2. The molecule has 0 atom stereocenters. The van der Waals surface area contributed by atoms with Crippen molar-refractivity contribution in [2.75, 3.05) is 12.4 Å². The number of hydrogen-bond acceptors (Lipinski definition) is 5. The molecular formula is C16H29O5S-. The summed E-state index contributed by atoms with van der Waals surface area (Å²) in [6.07, 6.45) is 9.62. The van der Waals surface area contributed by atoms with Crippen molar-refractivity contribution in [2.45, 2.75) is 59.3 Å². The summed E-state index contributed by atoms with van der Waals surface area (Å²) in [5.41, 5.74) is 0. The number of rotatable bonds is 3. The maximum Gasteiger partial charge on any atom is 0.319 e. The Labute approximate surface area is 134 Å². The van der Waals surface area contributed by atoms with Crippen molar-refractivity contribution in [3.05, 3.63) is 0 Å². The predicted molar refractivity (Wildman–Crippen MR) is 84.2 cm³/mol. The van der Waals surface area contributed by atoms with Gasteiger partial charge >= 0.3 is 5.97 Å². The van der Waals surface area contributed by atoms with Crippen molar-refractivity contribution in [1.29, 1.82) is 0 Å². The Morgan fingerprint density at radius 2 is 1.27 bits per heavy atom. The van der Waals surface area contributed by atoms with Crippen LogP contribution in [0, 0.1) is 23.7 Å². The van der Waals surface area contributed by atoms with Gasteiger partial charge in [0.05, 0.1) is 6.61 Å². The van der Waals surface area contributed by atoms with Crippen LogP contribution in [-0.4, -0.2) is 31.3 Å². The fourth-order valence-electron chi connectivity index (χ4n) is 4.33. The predicted octanol–water partition coefficient (Wildman–Crippen LogP) is 2.95. The van der Waals surface area contributed by atoms with Gasteiger partial charge in [-0.3, -0.25) is 4.79 Å². The van der Waals surface area contributed by atoms with Crippen LogP contribution in [0.15, 0.2) is 0 Å². The van der Waals surface area contributed by atoms with Gasteiger partial charge in [0.2, 0.25) is 0 Å². The van der Waals surface area contributed by atoms with Crippen LogP contribution in [-0.2, 0) is 19.6 Å². The van der Waals surface area contributed by atoms with Gasteiger partial charge in [-0.05, 0) is 69.1 Å². The largest absolute Gasteiger partial charge is 0.748 e. The monoisotopic (exact) mass is 333 g/mol. The smallest absolute Gasteiger partial charge is 0.319 e. The third-order valence-corrected chi connectivity index (χ3v) is 5.19. The Hall–Kier alpha value is -0.620. The second-order valence-electron chi connectivity index (χ2n) is 6.39. The van der Waals surface area contributed by atoms with Crippen LogP contribution in [0.5, 0.6) is 0 Å². The molecule has 0 aromatic heterocycles. The first-order chi connectivity index (χ1) is 10.4. The van der Waals surface area contributed by atoms with Crippen molar-refractivity contribution in [2.24, 2.45) is 23.7 Å². The average Bonchev–Trinajstić information content (AvgIpc) is 2.38. The molecule has 0 amide bonds. The minimum atomic E-state index is -4.47. The lowest BCUT2D eigenvalue weighted by Gasteiger charge is -2.49. The molecule has 4 saturated carbocycles. The number of hydrogen-bond donors (Lipinski definition) is 0. The van der Waals surface area contributed by atoms with E-state index in [9.17, 15) is 17.8 Å². The quantitative estimate of drug-likeness (QED) is 0.585. The van der Waals surface area contributed by atoms with Crippen LogP contribution in [0.25, 0.3) is 0 Å². The molecule has 22 heavy (non-hydrogen) atoms. The molecule has 0 aromatic carbocycles. The Morgan fingerprint density at radius 3 is 1.50 bits per heavy atom. The number of carbonyl (C=O) groups excluding carboxylic acids is 1. The summed E-state index contributed by atoms with van der Waals surface area (Å²) in [6.45, 7) is 5.60. The second kappa shape index (κ2) is 8.87. The van der Waals surface area contributed by atoms with E-state index in [1.54, 1.807) is 38.5 Å². The number of ether oxygens (including phenoxy) is 1. The van der Waals surface area contributed by atoms with Crippen molar-refractivity contribution in [3.8, 4) is 0 Å². The van der Waals surface area contributed by atoms with E-state index in [2.05, 4.69) is 4.74 Å². The summed E-state index contributed by atoms with van der Waals surface area (Å²) in [7, 11) is -4.47. The van der Waals surface area contributed by atoms with E-state index in [0.717, 1.165) is 0 Å². The molecule has 4 rings (SSSR count). The summed E-state index contributed by atoms with van der Waals surface area (Å²) in [4.78, 5) is 10.3. The van der Waals surface area contributed by atoms with Gasteiger partial charge in [-0.2, -0.15) is 0 Å². The lowest BCUT2D eigenvalue weighted by Crippen LogP contribution is -2.38. The van der Waals surface area contributed by atoms with E-state index in [0.29, 0.717) is 0 Å². The molecule has 0 unspecified atom stereocenters. The molecule has 4 aliphatic carbocycles. The first-order valence-corrected chi connectivity index (χ1v) is 10.0. The summed E-state index contributed by atoms with van der Waals surface area (Å²) in [6, 6.07) is 0. The van der Waals surface area contributed by atoms with Gasteiger partial charge in [-0.25, -0.2) is 8.42 Å². The molecular weight excluding hydrogens is 304 g/mol. The lowest BCUT2D eigenvalue weighted by molar-refractivity contribution is -0.140. The molecule has 0 spiro atoms. The minimum absolute atomic E-state index is 0.0777. The van der Waals surface area contributed by atoms with Gasteiger partial charge in [0.1, 0.15) is 15.9 Å². The normalized spacial score (nSPS) is 31.5. The highest BCUT2D eigenvalue weighted by molar-refractivity contribution is 7.86. The maximum atomic E-state index is 10.3. The Morgan fingerprint density at radius 1 is 0.955 bits per heavy atom. The van der Waals surface area contributed by atoms with Gasteiger partial charge in [-0.15, -0.1) is 0 Å². The molecule has 0 saturated heterocycles. The Bertz CT molecular complexity index is 387. The van der Waals surface area contributed by atoms with Gasteiger partial charge in [-0.1, -0.05) is 13.8 Å². The third kappa shape index (κ3) is 6.65. The van der Waals surface area contributed by atoms with Crippen LogP contribution >= 0.6 is 0 Å². The molecule has 4 fully saturated rings. The number of carbonyl (C=O) groups is 1. The standard InChI is InChI=1S/C10H16.C4H8O5S.C2H6/c1-7-2-9-4-8(1)5-10(3-7)6-9;1-2-9-4(5)3-10(6,7)8;1-2/h7-10H,1-6H2;2-3H2,1H3,(H,6,7,8);1-2H3/p-1. The molecule has 0 N–H and O–H groups in total. The molecule has 4 bridgehead atoms. The van der Waals surface area contributed by atoms with Crippen molar-refractivity contribution in [3.63, 3.8) is 0 Å². The molecule has 5 nitrogen and oxygen atoms in total. The third-order valence-electron chi connectivity index (χ3n) is 4.60. The Balaban J connectivity index is 0.000000198. The van der Waals surface area contributed by atoms with Gasteiger partial charge in [0.25, 0.3) is 0 Å². The van der Waals surface area contributed by atoms with E-state index >= 15 is 0 Å². The molecule has 0 heterocycles. The van der Waals surface area contributed by atoms with Gasteiger partial charge in [0.15, 0.2) is 0 Å². The molecule has 130 valence electrons. The SMILES string of the molecule is C1C2CC3CC1CC(C2)C3.CC.CCOC(=O)CS(=O)(=O)[O-]. The molecule has 0 aromatic rings. The zero-order valence-electron chi connectivity index (χ0n) is 13.9. The number of esters is 1. The zero-order valence-corrected chi connectivity index (χ0v) is 14.7. The topological polar surface area (TPSA) is 83.5 Å². The maximum absolute atomic E-state index is 10.3. The van der Waals surface area contributed by atoms with Crippen LogP contribution < -0.4 is 0 Å². The molecule has 4 aliphatic rings. The highest BCUT2D eigenvalue weighted by Gasteiger charge is 2.41. The van der Waals surface area contributed by atoms with Crippen LogP contribution in [0.2, 0.25) is 0 Å². The molecule has 6 heteroatoms. The van der Waals surface area contributed by atoms with E-state index in [4.69, 9.17) is 0 Å². The van der Waals surface area contributed by atoms with Gasteiger partial charge < -0.3 is 9.29 Å². The van der Waals surface area contributed by atoms with Crippen LogP contribution in [0.3, 0.4) is 0 Å². The minimum Gasteiger partial charge on any atom is -0.748 e. The highest BCUT2D eigenvalue weighted by Crippen LogP contribution is 2.53. The first-order valence-electron chi connectivity index (χ1n) is 8.45. The summed E-state index contributed by atoms with van der Waals surface area (Å²) in [5.74, 6) is 2.62. The first kappa shape index (κ1) is 19.4. The fourth-order valence-corrected chi connectivity index (χ4v) is 4.70. The Kier molecular flexibility index (Phi) is 7.83. The second-order valence-corrected chi connectivity index (χ2v) is 7.79. The lowest BCUT2D eigenvalue weighted by atomic mass is 9.56. The summed E-state index contributed by atoms with van der Waals surface area (Å²) < 4.78 is 33.8. The molecule has 0 radical (unpaired) electrons. The van der Waals surface area contributed by atoms with Crippen molar-refractivity contribution < 1.29 is 22.5 Å². The van der Waals surface area contributed by atoms with E-state index < -0.39 is 21.8 Å². The van der Waals surface area contributed by atoms with Crippen LogP contribution in [0.4, 0.5) is 0 Å². The van der Waals surface area contributed by atoms with Crippen LogP contribution in [0.1, 0.15) is 59.3 Å². The summed E-state index contributed by atoms with van der Waals surface area (Å²) in [5, 5.41) is 0. The fraction of sp³-hybridized carbons (Fsp3) is 0.938. The van der Waals surface area contributed by atoms with Crippen molar-refractivity contribution in [1.82, 2.24) is 0 Å². The summed E-state index contributed by atoms with van der Waals surface area (Å²) >= 11 is 0. The van der Waals surface area contributed by atoms with Crippen molar-refractivity contribution >= 4 is 16.1 Å². The average molecular weight is 333 g/mol. The molecule has 0 aliphatic heterocycles. The zero-order chi connectivity index (χ0) is 16.8. The van der Waals surface area contributed by atoms with Gasteiger partial charge in [0, 0.05) is 0 Å². The van der Waals surface area contributed by atoms with E-state index in [-0.39, 0.29) is 6.61 Å². The van der Waals surface area contributed by atoms with E-state index in [1.165, 1.54) is 30.6 Å². The van der Waals surface area contributed by atoms with E-state index in [1.807, 2.05) is 13.8 Å².